The standard InChI is InChI=1S/C14H16ClNO3/c1-9-7-10(14(16-8-17)5-4-6-14)13(19-3)11(15)12(9)18-2/h7H,4-6H2,1-3H3. The molecule has 0 radical (unpaired) electrons. The van der Waals surface area contributed by atoms with Gasteiger partial charge in [0.2, 0.25) is 6.08 Å². The third-order valence-corrected chi connectivity index (χ3v) is 4.06. The van der Waals surface area contributed by atoms with Crippen LogP contribution in [0.25, 0.3) is 0 Å². The summed E-state index contributed by atoms with van der Waals surface area (Å²) in [6, 6.07) is 1.93. The number of aryl methyl sites for hydroxylation is 1. The molecule has 5 heteroatoms. The van der Waals surface area contributed by atoms with Gasteiger partial charge in [-0.15, -0.1) is 0 Å². The molecule has 19 heavy (non-hydrogen) atoms. The lowest BCUT2D eigenvalue weighted by molar-refractivity contribution is 0.245. The van der Waals surface area contributed by atoms with E-state index in [9.17, 15) is 4.79 Å². The average molecular weight is 282 g/mol. The highest BCUT2D eigenvalue weighted by Gasteiger charge is 2.42. The Kier molecular flexibility index (Phi) is 3.83. The summed E-state index contributed by atoms with van der Waals surface area (Å²) in [5.74, 6) is 1.12. The molecule has 1 fully saturated rings. The maximum atomic E-state index is 10.7. The Morgan fingerprint density at radius 3 is 2.37 bits per heavy atom. The number of aliphatic imine (C=N–C) groups is 1. The van der Waals surface area contributed by atoms with Gasteiger partial charge in [0.15, 0.2) is 0 Å². The van der Waals surface area contributed by atoms with Crippen molar-refractivity contribution >= 4 is 17.7 Å². The van der Waals surface area contributed by atoms with E-state index < -0.39 is 5.54 Å². The van der Waals surface area contributed by atoms with Crippen LogP contribution in [0.15, 0.2) is 11.1 Å². The lowest BCUT2D eigenvalue weighted by Crippen LogP contribution is -2.32. The first kappa shape index (κ1) is 13.9. The Morgan fingerprint density at radius 2 is 1.95 bits per heavy atom. The number of isocyanates is 1. The van der Waals surface area contributed by atoms with E-state index in [-0.39, 0.29) is 0 Å². The van der Waals surface area contributed by atoms with Crippen LogP contribution in [0.5, 0.6) is 11.5 Å². The zero-order chi connectivity index (χ0) is 14.0. The number of methoxy groups -OCH3 is 2. The minimum atomic E-state index is -0.534. The van der Waals surface area contributed by atoms with Crippen LogP contribution in [0.3, 0.4) is 0 Å². The van der Waals surface area contributed by atoms with Crippen LogP contribution in [0.2, 0.25) is 5.02 Å². The maximum Gasteiger partial charge on any atom is 0.235 e. The van der Waals surface area contributed by atoms with Crippen LogP contribution >= 0.6 is 11.6 Å². The van der Waals surface area contributed by atoms with Gasteiger partial charge < -0.3 is 9.47 Å². The molecule has 0 heterocycles. The van der Waals surface area contributed by atoms with Crippen LogP contribution < -0.4 is 9.47 Å². The smallest absolute Gasteiger partial charge is 0.235 e. The van der Waals surface area contributed by atoms with E-state index in [2.05, 4.69) is 4.99 Å². The Labute approximate surface area is 117 Å². The number of hydrogen-bond donors (Lipinski definition) is 0. The second-order valence-corrected chi connectivity index (χ2v) is 5.09. The number of halogens is 1. The normalized spacial score (nSPS) is 16.2. The van der Waals surface area contributed by atoms with Gasteiger partial charge in [-0.1, -0.05) is 11.6 Å². The van der Waals surface area contributed by atoms with Gasteiger partial charge in [-0.05, 0) is 37.8 Å². The van der Waals surface area contributed by atoms with E-state index in [0.29, 0.717) is 16.5 Å². The van der Waals surface area contributed by atoms with E-state index in [4.69, 9.17) is 21.1 Å². The first-order valence-electron chi connectivity index (χ1n) is 6.10. The Morgan fingerprint density at radius 1 is 1.32 bits per heavy atom. The van der Waals surface area contributed by atoms with Crippen molar-refractivity contribution in [2.24, 2.45) is 4.99 Å². The summed E-state index contributed by atoms with van der Waals surface area (Å²) < 4.78 is 10.7. The van der Waals surface area contributed by atoms with Gasteiger partial charge in [-0.2, -0.15) is 4.99 Å². The van der Waals surface area contributed by atoms with Gasteiger partial charge in [0, 0.05) is 5.56 Å². The Hall–Kier alpha value is -1.51. The third kappa shape index (κ3) is 2.11. The molecule has 2 rings (SSSR count). The summed E-state index contributed by atoms with van der Waals surface area (Å²) >= 11 is 6.32. The highest BCUT2D eigenvalue weighted by atomic mass is 35.5. The number of benzene rings is 1. The monoisotopic (exact) mass is 281 g/mol. The van der Waals surface area contributed by atoms with Crippen molar-refractivity contribution in [1.29, 1.82) is 0 Å². The highest BCUT2D eigenvalue weighted by molar-refractivity contribution is 6.33. The summed E-state index contributed by atoms with van der Waals surface area (Å²) in [4.78, 5) is 14.7. The minimum Gasteiger partial charge on any atom is -0.495 e. The Balaban J connectivity index is 2.66. The molecule has 0 spiro atoms. The van der Waals surface area contributed by atoms with E-state index in [0.717, 1.165) is 30.4 Å². The molecule has 0 aromatic heterocycles. The number of nitrogens with zero attached hydrogens (tertiary/aromatic N) is 1. The summed E-state index contributed by atoms with van der Waals surface area (Å²) in [6.07, 6.45) is 4.31. The largest absolute Gasteiger partial charge is 0.495 e. The molecular weight excluding hydrogens is 266 g/mol. The van der Waals surface area contributed by atoms with Gasteiger partial charge in [0.25, 0.3) is 0 Å². The van der Waals surface area contributed by atoms with E-state index in [1.54, 1.807) is 20.3 Å². The number of ether oxygens (including phenoxy) is 2. The minimum absolute atomic E-state index is 0.423. The average Bonchev–Trinajstić information content (AvgIpc) is 2.34. The van der Waals surface area contributed by atoms with Crippen molar-refractivity contribution in [3.63, 3.8) is 0 Å². The van der Waals surface area contributed by atoms with Crippen LogP contribution in [-0.2, 0) is 10.3 Å². The lowest BCUT2D eigenvalue weighted by atomic mass is 9.71. The predicted molar refractivity (Wildman–Crippen MR) is 72.9 cm³/mol. The van der Waals surface area contributed by atoms with E-state index in [1.807, 2.05) is 13.0 Å². The van der Waals surface area contributed by atoms with E-state index >= 15 is 0 Å². The molecule has 1 aliphatic carbocycles. The fourth-order valence-corrected chi connectivity index (χ4v) is 2.98. The molecule has 1 aliphatic rings. The van der Waals surface area contributed by atoms with Crippen molar-refractivity contribution in [2.75, 3.05) is 14.2 Å². The maximum absolute atomic E-state index is 10.7. The van der Waals surface area contributed by atoms with Crippen LogP contribution in [0.1, 0.15) is 30.4 Å². The van der Waals surface area contributed by atoms with Gasteiger partial charge in [0.1, 0.15) is 22.1 Å². The third-order valence-electron chi connectivity index (χ3n) is 3.71. The van der Waals surface area contributed by atoms with Gasteiger partial charge in [0.05, 0.1) is 14.2 Å². The summed E-state index contributed by atoms with van der Waals surface area (Å²) in [6.45, 7) is 1.91. The summed E-state index contributed by atoms with van der Waals surface area (Å²) in [5, 5.41) is 0.423. The molecule has 0 unspecified atom stereocenters. The number of carbonyl (C=O) groups excluding carboxylic acids is 1. The van der Waals surface area contributed by atoms with Gasteiger partial charge >= 0.3 is 0 Å². The molecule has 1 saturated carbocycles. The first-order valence-corrected chi connectivity index (χ1v) is 6.48. The zero-order valence-corrected chi connectivity index (χ0v) is 12.0. The SMILES string of the molecule is COc1c(C)cc(C2(N=C=O)CCC2)c(OC)c1Cl. The molecule has 0 aliphatic heterocycles. The second-order valence-electron chi connectivity index (χ2n) is 4.71. The summed E-state index contributed by atoms with van der Waals surface area (Å²) in [7, 11) is 3.12. The molecule has 0 atom stereocenters. The number of hydrogen-bond acceptors (Lipinski definition) is 4. The summed E-state index contributed by atoms with van der Waals surface area (Å²) in [5.41, 5.74) is 1.21. The van der Waals surface area contributed by atoms with Crippen LogP contribution in [0.4, 0.5) is 0 Å². The molecule has 1 aromatic carbocycles. The van der Waals surface area contributed by atoms with Crippen molar-refractivity contribution in [2.45, 2.75) is 31.7 Å². The topological polar surface area (TPSA) is 47.9 Å². The van der Waals surface area contributed by atoms with Gasteiger partial charge in [-0.3, -0.25) is 0 Å². The fourth-order valence-electron chi connectivity index (χ4n) is 2.58. The lowest BCUT2D eigenvalue weighted by Gasteiger charge is -2.38. The van der Waals surface area contributed by atoms with Gasteiger partial charge in [-0.25, -0.2) is 4.79 Å². The molecule has 0 saturated heterocycles. The molecule has 0 bridgehead atoms. The first-order chi connectivity index (χ1) is 9.09. The van der Waals surface area contributed by atoms with Crippen molar-refractivity contribution in [1.82, 2.24) is 0 Å². The highest BCUT2D eigenvalue weighted by Crippen LogP contribution is 2.52. The van der Waals surface area contributed by atoms with Crippen molar-refractivity contribution < 1.29 is 14.3 Å². The van der Waals surface area contributed by atoms with Crippen molar-refractivity contribution in [3.8, 4) is 11.5 Å². The zero-order valence-electron chi connectivity index (χ0n) is 11.2. The van der Waals surface area contributed by atoms with Crippen molar-refractivity contribution in [3.05, 3.63) is 22.2 Å². The van der Waals surface area contributed by atoms with Crippen LogP contribution in [0, 0.1) is 6.92 Å². The molecule has 0 N–H and O–H groups in total. The van der Waals surface area contributed by atoms with Crippen LogP contribution in [-0.4, -0.2) is 20.3 Å². The predicted octanol–water partition coefficient (Wildman–Crippen LogP) is 3.38. The number of rotatable bonds is 4. The molecule has 102 valence electrons. The fraction of sp³-hybridized carbons (Fsp3) is 0.500. The molecule has 4 nitrogen and oxygen atoms in total. The Bertz CT molecular complexity index is 546. The quantitative estimate of drug-likeness (QED) is 0.628. The molecular formula is C14H16ClNO3. The molecule has 1 aromatic rings. The molecule has 0 amide bonds. The van der Waals surface area contributed by atoms with E-state index in [1.165, 1.54) is 0 Å². The second kappa shape index (κ2) is 5.24.